The van der Waals surface area contributed by atoms with Crippen LogP contribution in [0.5, 0.6) is 0 Å². The molecule has 58 heavy (non-hydrogen) atoms. The van der Waals surface area contributed by atoms with E-state index >= 15 is 0 Å². The van der Waals surface area contributed by atoms with Crippen LogP contribution >= 0.6 is 0 Å². The van der Waals surface area contributed by atoms with Crippen molar-refractivity contribution in [3.63, 3.8) is 0 Å². The lowest BCUT2D eigenvalue weighted by Crippen LogP contribution is -2.61. The van der Waals surface area contributed by atoms with Crippen LogP contribution in [0.3, 0.4) is 0 Å². The Hall–Kier alpha value is -2.54. The molecule has 7 N–H and O–H groups in total. The van der Waals surface area contributed by atoms with Crippen LogP contribution in [0.15, 0.2) is 48.6 Å². The second kappa shape index (κ2) is 31.4. The second-order valence-electron chi connectivity index (χ2n) is 14.8. The zero-order chi connectivity index (χ0) is 42.5. The molecule has 2 rings (SSSR count). The Morgan fingerprint density at radius 2 is 1.09 bits per heavy atom. The highest BCUT2D eigenvalue weighted by molar-refractivity contribution is 5.70. The van der Waals surface area contributed by atoms with Crippen molar-refractivity contribution in [3.05, 3.63) is 48.6 Å². The van der Waals surface area contributed by atoms with E-state index in [0.717, 1.165) is 77.0 Å². The van der Waals surface area contributed by atoms with Crippen molar-refractivity contribution >= 4 is 11.9 Å². The average molecular weight is 829 g/mol. The number of allylic oxidation sites excluding steroid dienone is 8. The predicted molar refractivity (Wildman–Crippen MR) is 215 cm³/mol. The lowest BCUT2D eigenvalue weighted by atomic mass is 9.98. The molecule has 0 bridgehead atoms. The molecule has 2 saturated heterocycles. The fourth-order valence-corrected chi connectivity index (χ4v) is 6.26. The van der Waals surface area contributed by atoms with Crippen LogP contribution in [0.1, 0.15) is 117 Å². The van der Waals surface area contributed by atoms with Gasteiger partial charge in [0, 0.05) is 12.8 Å². The Morgan fingerprint density at radius 1 is 0.569 bits per heavy atom. The normalized spacial score (nSPS) is 28.6. The second-order valence-corrected chi connectivity index (χ2v) is 14.8. The molecule has 11 unspecified atom stereocenters. The Balaban J connectivity index is 1.84. The predicted octanol–water partition coefficient (Wildman–Crippen LogP) is 3.59. The van der Waals surface area contributed by atoms with Gasteiger partial charge in [0.2, 0.25) is 0 Å². The molecule has 2 aliphatic heterocycles. The number of ether oxygens (including phenoxy) is 6. The van der Waals surface area contributed by atoms with Crippen molar-refractivity contribution in [2.45, 2.75) is 184 Å². The number of aliphatic hydroxyl groups is 7. The summed E-state index contributed by atoms with van der Waals surface area (Å²) in [5.41, 5.74) is 0. The number of aliphatic hydroxyl groups excluding tert-OH is 7. The SMILES string of the molecule is CC/C=C\C/C=C\C/C=C\C/C=C\CCCCCCC(=O)OC(COC(=O)CCCCCCC)COC1OC(COC2OC(CO)C(O)C(O)C2O)C(O)C(O)C1O. The maximum Gasteiger partial charge on any atom is 0.306 e. The summed E-state index contributed by atoms with van der Waals surface area (Å²) in [6, 6.07) is 0. The number of rotatable bonds is 30. The summed E-state index contributed by atoms with van der Waals surface area (Å²) in [5, 5.41) is 71.6. The van der Waals surface area contributed by atoms with E-state index < -0.39 is 99.3 Å². The largest absolute Gasteiger partial charge is 0.462 e. The summed E-state index contributed by atoms with van der Waals surface area (Å²) in [4.78, 5) is 25.3. The molecule has 2 heterocycles. The molecule has 15 nitrogen and oxygen atoms in total. The first-order valence-corrected chi connectivity index (χ1v) is 21.2. The van der Waals surface area contributed by atoms with Crippen LogP contribution < -0.4 is 0 Å². The summed E-state index contributed by atoms with van der Waals surface area (Å²) in [5.74, 6) is -0.974. The van der Waals surface area contributed by atoms with E-state index in [0.29, 0.717) is 12.8 Å². The summed E-state index contributed by atoms with van der Waals surface area (Å²) in [7, 11) is 0. The Morgan fingerprint density at radius 3 is 1.69 bits per heavy atom. The first kappa shape index (κ1) is 51.6. The maximum absolute atomic E-state index is 12.8. The van der Waals surface area contributed by atoms with Crippen molar-refractivity contribution in [2.75, 3.05) is 26.4 Å². The molecule has 0 amide bonds. The molecular formula is C43H72O15. The monoisotopic (exact) mass is 828 g/mol. The van der Waals surface area contributed by atoms with Crippen molar-refractivity contribution in [3.8, 4) is 0 Å². The molecule has 0 aliphatic carbocycles. The van der Waals surface area contributed by atoms with Crippen molar-refractivity contribution in [1.29, 1.82) is 0 Å². The quantitative estimate of drug-likeness (QED) is 0.0312. The zero-order valence-electron chi connectivity index (χ0n) is 34.5. The average Bonchev–Trinajstić information content (AvgIpc) is 3.21. The first-order valence-electron chi connectivity index (χ1n) is 21.2. The number of hydrogen-bond donors (Lipinski definition) is 7. The minimum Gasteiger partial charge on any atom is -0.462 e. The van der Waals surface area contributed by atoms with E-state index in [4.69, 9.17) is 28.4 Å². The molecule has 0 spiro atoms. The number of unbranched alkanes of at least 4 members (excludes halogenated alkanes) is 8. The van der Waals surface area contributed by atoms with Crippen LogP contribution in [0, 0.1) is 0 Å². The van der Waals surface area contributed by atoms with Gasteiger partial charge in [-0.3, -0.25) is 9.59 Å². The third kappa shape index (κ3) is 20.6. The van der Waals surface area contributed by atoms with Gasteiger partial charge in [-0.1, -0.05) is 101 Å². The van der Waals surface area contributed by atoms with Gasteiger partial charge in [0.25, 0.3) is 0 Å². The van der Waals surface area contributed by atoms with Crippen molar-refractivity contribution in [2.24, 2.45) is 0 Å². The van der Waals surface area contributed by atoms with E-state index in [1.165, 1.54) is 0 Å². The van der Waals surface area contributed by atoms with E-state index in [1.807, 2.05) is 0 Å². The van der Waals surface area contributed by atoms with Crippen molar-refractivity contribution in [1.82, 2.24) is 0 Å². The molecule has 11 atom stereocenters. The van der Waals surface area contributed by atoms with Gasteiger partial charge in [0.15, 0.2) is 18.7 Å². The third-order valence-electron chi connectivity index (χ3n) is 9.82. The van der Waals surface area contributed by atoms with Crippen LogP contribution in [0.2, 0.25) is 0 Å². The van der Waals surface area contributed by atoms with E-state index in [-0.39, 0.29) is 19.4 Å². The minimum absolute atomic E-state index is 0.136. The van der Waals surface area contributed by atoms with Gasteiger partial charge in [-0.2, -0.15) is 0 Å². The zero-order valence-corrected chi connectivity index (χ0v) is 34.5. The van der Waals surface area contributed by atoms with Gasteiger partial charge in [0.1, 0.15) is 55.4 Å². The highest BCUT2D eigenvalue weighted by Gasteiger charge is 2.47. The van der Waals surface area contributed by atoms with Crippen LogP contribution in [0.4, 0.5) is 0 Å². The summed E-state index contributed by atoms with van der Waals surface area (Å²) in [6.07, 6.45) is 13.6. The first-order chi connectivity index (χ1) is 28.0. The molecule has 0 saturated carbocycles. The van der Waals surface area contributed by atoms with Crippen LogP contribution in [0.25, 0.3) is 0 Å². The third-order valence-corrected chi connectivity index (χ3v) is 9.82. The number of hydrogen-bond acceptors (Lipinski definition) is 15. The van der Waals surface area contributed by atoms with Crippen molar-refractivity contribution < 1.29 is 73.8 Å². The van der Waals surface area contributed by atoms with E-state index in [1.54, 1.807) is 0 Å². The highest BCUT2D eigenvalue weighted by Crippen LogP contribution is 2.26. The number of carbonyl (C=O) groups is 2. The lowest BCUT2D eigenvalue weighted by molar-refractivity contribution is -0.332. The van der Waals surface area contributed by atoms with Crippen LogP contribution in [-0.4, -0.2) is 142 Å². The Labute approximate surface area is 344 Å². The van der Waals surface area contributed by atoms with Crippen LogP contribution in [-0.2, 0) is 38.0 Å². The summed E-state index contributed by atoms with van der Waals surface area (Å²) < 4.78 is 33.2. The molecule has 15 heteroatoms. The van der Waals surface area contributed by atoms with Gasteiger partial charge >= 0.3 is 11.9 Å². The molecule has 0 aromatic heterocycles. The topological polar surface area (TPSA) is 231 Å². The van der Waals surface area contributed by atoms with E-state index in [9.17, 15) is 45.3 Å². The minimum atomic E-state index is -1.77. The number of esters is 2. The highest BCUT2D eigenvalue weighted by atomic mass is 16.7. The van der Waals surface area contributed by atoms with Gasteiger partial charge in [-0.15, -0.1) is 0 Å². The van der Waals surface area contributed by atoms with E-state index in [2.05, 4.69) is 62.5 Å². The fraction of sp³-hybridized carbons (Fsp3) is 0.767. The molecular weight excluding hydrogens is 756 g/mol. The molecule has 0 aromatic carbocycles. The summed E-state index contributed by atoms with van der Waals surface area (Å²) >= 11 is 0. The molecule has 0 aromatic rings. The fourth-order valence-electron chi connectivity index (χ4n) is 6.26. The van der Waals surface area contributed by atoms with Gasteiger partial charge < -0.3 is 64.2 Å². The Kier molecular flexibility index (Phi) is 27.9. The van der Waals surface area contributed by atoms with Gasteiger partial charge in [-0.05, 0) is 51.4 Å². The van der Waals surface area contributed by atoms with Gasteiger partial charge in [-0.25, -0.2) is 0 Å². The molecule has 2 fully saturated rings. The summed E-state index contributed by atoms with van der Waals surface area (Å²) in [6.45, 7) is 2.30. The standard InChI is InChI=1S/C43H72O15/c1-3-5-7-9-10-11-12-13-14-15-16-17-18-19-20-22-24-26-35(46)56-31(28-53-34(45)25-23-21-8-6-4-2)29-54-42-41(52)39(50)37(48)33(58-42)30-55-43-40(51)38(49)36(47)32(27-44)57-43/h5,7,10-11,13-14,16-17,31-33,36-44,47-52H,3-4,6,8-9,12,15,18-30H2,1-2H3/b7-5-,11-10-,14-13-,17-16-. The molecule has 0 radical (unpaired) electrons. The van der Waals surface area contributed by atoms with Gasteiger partial charge in [0.05, 0.1) is 19.8 Å². The molecule has 334 valence electrons. The number of carbonyl (C=O) groups excluding carboxylic acids is 2. The molecule has 2 aliphatic rings. The lowest BCUT2D eigenvalue weighted by Gasteiger charge is -2.42. The Bertz CT molecular complexity index is 1210. The smallest absolute Gasteiger partial charge is 0.306 e. The maximum atomic E-state index is 12.8.